The van der Waals surface area contributed by atoms with Gasteiger partial charge in [0.25, 0.3) is 0 Å². The second-order valence-electron chi connectivity index (χ2n) is 5.77. The van der Waals surface area contributed by atoms with E-state index in [4.69, 9.17) is 4.74 Å². The Morgan fingerprint density at radius 2 is 2.00 bits per heavy atom. The highest BCUT2D eigenvalue weighted by Crippen LogP contribution is 2.32. The molecule has 1 saturated heterocycles. The molecule has 0 aromatic heterocycles. The van der Waals surface area contributed by atoms with E-state index in [0.29, 0.717) is 12.3 Å². The topological polar surface area (TPSA) is 46.6 Å². The lowest BCUT2D eigenvalue weighted by atomic mass is 10.0. The first-order valence-electron chi connectivity index (χ1n) is 7.62. The van der Waals surface area contributed by atoms with Crippen molar-refractivity contribution in [3.8, 4) is 0 Å². The normalized spacial score (nSPS) is 23.0. The fourth-order valence-corrected chi connectivity index (χ4v) is 2.58. The van der Waals surface area contributed by atoms with Crippen LogP contribution in [0.4, 0.5) is 4.79 Å². The lowest BCUT2D eigenvalue weighted by Gasteiger charge is -2.20. The third kappa shape index (κ3) is 3.43. The number of amides is 2. The predicted octanol–water partition coefficient (Wildman–Crippen LogP) is 3.92. The maximum atomic E-state index is 12.3. The number of hydrogen-bond acceptors (Lipinski definition) is 3. The zero-order valence-electron chi connectivity index (χ0n) is 12.9. The maximum Gasteiger partial charge on any atom is 0.417 e. The quantitative estimate of drug-likeness (QED) is 0.825. The van der Waals surface area contributed by atoms with Crippen molar-refractivity contribution in [3.63, 3.8) is 0 Å². The minimum absolute atomic E-state index is 0.133. The zero-order chi connectivity index (χ0) is 15.4. The highest BCUT2D eigenvalue weighted by atomic mass is 16.6. The number of benzene rings is 1. The number of hydrogen-bond donors (Lipinski definition) is 0. The van der Waals surface area contributed by atoms with E-state index in [9.17, 15) is 9.59 Å². The second kappa shape index (κ2) is 6.74. The number of ether oxygens (including phenoxy) is 1. The van der Waals surface area contributed by atoms with Crippen molar-refractivity contribution in [1.29, 1.82) is 0 Å². The maximum absolute atomic E-state index is 12.3. The van der Waals surface area contributed by atoms with Crippen LogP contribution < -0.4 is 0 Å². The van der Waals surface area contributed by atoms with Crippen molar-refractivity contribution < 1.29 is 14.3 Å². The molecule has 0 bridgehead atoms. The minimum atomic E-state index is -0.523. The highest BCUT2D eigenvalue weighted by Gasteiger charge is 2.42. The molecule has 2 rings (SSSR count). The SMILES string of the molecule is CCC(C)CCC(=O)N1C(=O)O[C@@H](c2ccccc2)[C@H]1C. The van der Waals surface area contributed by atoms with Crippen molar-refractivity contribution in [2.24, 2.45) is 5.92 Å². The summed E-state index contributed by atoms with van der Waals surface area (Å²) < 4.78 is 5.39. The summed E-state index contributed by atoms with van der Waals surface area (Å²) in [5.74, 6) is 0.360. The van der Waals surface area contributed by atoms with Crippen LogP contribution in [0.2, 0.25) is 0 Å². The van der Waals surface area contributed by atoms with Crippen LogP contribution in [0.15, 0.2) is 30.3 Å². The largest absolute Gasteiger partial charge is 0.439 e. The lowest BCUT2D eigenvalue weighted by Crippen LogP contribution is -2.37. The molecule has 1 unspecified atom stereocenters. The molecule has 1 aromatic rings. The van der Waals surface area contributed by atoms with Crippen LogP contribution in [0, 0.1) is 5.92 Å². The van der Waals surface area contributed by atoms with E-state index in [0.717, 1.165) is 18.4 Å². The summed E-state index contributed by atoms with van der Waals surface area (Å²) in [5, 5.41) is 0. The second-order valence-corrected chi connectivity index (χ2v) is 5.77. The number of cyclic esters (lactones) is 1. The molecule has 1 aromatic carbocycles. The summed E-state index contributed by atoms with van der Waals surface area (Å²) in [6, 6.07) is 9.31. The highest BCUT2D eigenvalue weighted by molar-refractivity contribution is 5.93. The van der Waals surface area contributed by atoms with Crippen LogP contribution in [0.1, 0.15) is 51.7 Å². The summed E-state index contributed by atoms with van der Waals surface area (Å²) in [7, 11) is 0. The van der Waals surface area contributed by atoms with Gasteiger partial charge in [-0.05, 0) is 24.8 Å². The van der Waals surface area contributed by atoms with E-state index in [-0.39, 0.29) is 18.1 Å². The molecule has 3 atom stereocenters. The predicted molar refractivity (Wildman–Crippen MR) is 80.7 cm³/mol. The molecule has 114 valence electrons. The summed E-state index contributed by atoms with van der Waals surface area (Å²) >= 11 is 0. The number of rotatable bonds is 5. The van der Waals surface area contributed by atoms with Gasteiger partial charge in [-0.3, -0.25) is 4.79 Å². The van der Waals surface area contributed by atoms with Gasteiger partial charge >= 0.3 is 6.09 Å². The number of imide groups is 1. The van der Waals surface area contributed by atoms with Gasteiger partial charge in [0.2, 0.25) is 5.91 Å². The van der Waals surface area contributed by atoms with Gasteiger partial charge in [-0.25, -0.2) is 9.69 Å². The van der Waals surface area contributed by atoms with Gasteiger partial charge in [-0.15, -0.1) is 0 Å². The van der Waals surface area contributed by atoms with Gasteiger partial charge in [0.1, 0.15) is 6.10 Å². The van der Waals surface area contributed by atoms with Gasteiger partial charge in [0.05, 0.1) is 6.04 Å². The molecule has 0 saturated carbocycles. The summed E-state index contributed by atoms with van der Waals surface area (Å²) in [4.78, 5) is 25.6. The van der Waals surface area contributed by atoms with Crippen LogP contribution in [0.25, 0.3) is 0 Å². The molecule has 0 N–H and O–H groups in total. The van der Waals surface area contributed by atoms with Crippen LogP contribution in [0.5, 0.6) is 0 Å². The summed E-state index contributed by atoms with van der Waals surface area (Å²) in [6.07, 6.45) is 1.36. The Morgan fingerprint density at radius 3 is 2.62 bits per heavy atom. The van der Waals surface area contributed by atoms with Gasteiger partial charge < -0.3 is 4.74 Å². The molecule has 0 aliphatic carbocycles. The molecule has 1 aliphatic heterocycles. The van der Waals surface area contributed by atoms with Crippen LogP contribution in [-0.4, -0.2) is 22.9 Å². The molecule has 21 heavy (non-hydrogen) atoms. The molecule has 2 amide bonds. The molecule has 4 heteroatoms. The smallest absolute Gasteiger partial charge is 0.417 e. The Hall–Kier alpha value is -1.84. The van der Waals surface area contributed by atoms with Crippen LogP contribution in [0.3, 0.4) is 0 Å². The van der Waals surface area contributed by atoms with Crippen molar-refractivity contribution in [1.82, 2.24) is 4.90 Å². The van der Waals surface area contributed by atoms with Crippen LogP contribution >= 0.6 is 0 Å². The molecule has 0 radical (unpaired) electrons. The standard InChI is InChI=1S/C17H23NO3/c1-4-12(2)10-11-15(19)18-13(3)16(21-17(18)20)14-8-6-5-7-9-14/h5-9,12-13,16H,4,10-11H2,1-3H3/t12?,13-,16-/m1/s1. The van der Waals surface area contributed by atoms with Crippen molar-refractivity contribution in [2.45, 2.75) is 52.2 Å². The van der Waals surface area contributed by atoms with E-state index in [2.05, 4.69) is 13.8 Å². The Labute approximate surface area is 126 Å². The van der Waals surface area contributed by atoms with Crippen molar-refractivity contribution in [3.05, 3.63) is 35.9 Å². The van der Waals surface area contributed by atoms with E-state index < -0.39 is 6.09 Å². The molecular weight excluding hydrogens is 266 g/mol. The molecule has 0 spiro atoms. The first-order chi connectivity index (χ1) is 10.0. The molecule has 1 aliphatic rings. The van der Waals surface area contributed by atoms with Crippen molar-refractivity contribution in [2.75, 3.05) is 0 Å². The summed E-state index contributed by atoms with van der Waals surface area (Å²) in [6.45, 7) is 6.09. The molecule has 1 heterocycles. The monoisotopic (exact) mass is 289 g/mol. The first-order valence-corrected chi connectivity index (χ1v) is 7.62. The number of nitrogens with zero attached hydrogens (tertiary/aromatic N) is 1. The fourth-order valence-electron chi connectivity index (χ4n) is 2.58. The van der Waals surface area contributed by atoms with Crippen LogP contribution in [-0.2, 0) is 9.53 Å². The number of carbonyl (C=O) groups excluding carboxylic acids is 2. The average Bonchev–Trinajstić information content (AvgIpc) is 2.80. The van der Waals surface area contributed by atoms with Gasteiger partial charge in [-0.2, -0.15) is 0 Å². The van der Waals surface area contributed by atoms with Crippen molar-refractivity contribution >= 4 is 12.0 Å². The minimum Gasteiger partial charge on any atom is -0.439 e. The first kappa shape index (κ1) is 15.5. The third-order valence-corrected chi connectivity index (χ3v) is 4.21. The van der Waals surface area contributed by atoms with E-state index in [1.165, 1.54) is 4.90 Å². The Kier molecular flexibility index (Phi) is 4.99. The van der Waals surface area contributed by atoms with E-state index >= 15 is 0 Å². The summed E-state index contributed by atoms with van der Waals surface area (Å²) in [5.41, 5.74) is 0.926. The lowest BCUT2D eigenvalue weighted by molar-refractivity contribution is -0.129. The van der Waals surface area contributed by atoms with E-state index in [1.54, 1.807) is 0 Å². The van der Waals surface area contributed by atoms with Gasteiger partial charge in [0.15, 0.2) is 0 Å². The zero-order valence-corrected chi connectivity index (χ0v) is 12.9. The molecular formula is C17H23NO3. The van der Waals surface area contributed by atoms with E-state index in [1.807, 2.05) is 37.3 Å². The Morgan fingerprint density at radius 1 is 1.33 bits per heavy atom. The fraction of sp³-hybridized carbons (Fsp3) is 0.529. The van der Waals surface area contributed by atoms with Gasteiger partial charge in [0, 0.05) is 6.42 Å². The van der Waals surface area contributed by atoms with Gasteiger partial charge in [-0.1, -0.05) is 50.6 Å². The Bertz CT molecular complexity index is 500. The number of carbonyl (C=O) groups is 2. The Balaban J connectivity index is 2.04. The average molecular weight is 289 g/mol. The molecule has 1 fully saturated rings. The third-order valence-electron chi connectivity index (χ3n) is 4.21. The molecule has 4 nitrogen and oxygen atoms in total.